The number of carbonyl (C=O) groups is 1. The summed E-state index contributed by atoms with van der Waals surface area (Å²) in [5.41, 5.74) is 1.87. The maximum absolute atomic E-state index is 11.6. The maximum atomic E-state index is 11.6. The minimum Gasteiger partial charge on any atom is -0.497 e. The summed E-state index contributed by atoms with van der Waals surface area (Å²) in [6.45, 7) is 1.95. The Balaban J connectivity index is 2.53. The van der Waals surface area contributed by atoms with Gasteiger partial charge in [-0.25, -0.2) is 0 Å². The second-order valence-corrected chi connectivity index (χ2v) is 4.67. The zero-order chi connectivity index (χ0) is 12.7. The van der Waals surface area contributed by atoms with E-state index in [-0.39, 0.29) is 5.91 Å². The first kappa shape index (κ1) is 14.0. The van der Waals surface area contributed by atoms with Gasteiger partial charge in [0.2, 0.25) is 5.91 Å². The molecule has 3 nitrogen and oxygen atoms in total. The average molecular weight is 300 g/mol. The second kappa shape index (κ2) is 7.33. The van der Waals surface area contributed by atoms with Crippen LogP contribution >= 0.6 is 15.9 Å². The minimum atomic E-state index is 0.0687. The van der Waals surface area contributed by atoms with Crippen molar-refractivity contribution in [2.45, 2.75) is 26.2 Å². The van der Waals surface area contributed by atoms with Crippen LogP contribution in [0.1, 0.15) is 24.8 Å². The highest BCUT2D eigenvalue weighted by Crippen LogP contribution is 2.21. The average Bonchev–Trinajstić information content (AvgIpc) is 2.32. The molecule has 17 heavy (non-hydrogen) atoms. The summed E-state index contributed by atoms with van der Waals surface area (Å²) in [4.78, 5) is 11.6. The van der Waals surface area contributed by atoms with E-state index in [1.165, 1.54) is 0 Å². The van der Waals surface area contributed by atoms with Gasteiger partial charge in [-0.1, -0.05) is 15.9 Å². The normalized spacial score (nSPS) is 10.1. The Labute approximate surface area is 111 Å². The van der Waals surface area contributed by atoms with Crippen LogP contribution in [0.4, 0.5) is 5.69 Å². The number of rotatable bonds is 6. The highest BCUT2D eigenvalue weighted by molar-refractivity contribution is 9.09. The number of aryl methyl sites for hydroxylation is 1. The number of methoxy groups -OCH3 is 1. The lowest BCUT2D eigenvalue weighted by atomic mass is 10.1. The molecule has 1 rings (SSSR count). The molecule has 0 saturated heterocycles. The van der Waals surface area contributed by atoms with Crippen LogP contribution < -0.4 is 10.1 Å². The molecule has 0 aromatic heterocycles. The molecule has 1 aromatic rings. The van der Waals surface area contributed by atoms with Crippen molar-refractivity contribution >= 4 is 27.5 Å². The molecule has 0 aliphatic rings. The molecule has 1 aromatic carbocycles. The molecule has 0 bridgehead atoms. The Morgan fingerprint density at radius 1 is 1.41 bits per heavy atom. The Kier molecular flexibility index (Phi) is 6.05. The Morgan fingerprint density at radius 2 is 2.18 bits per heavy atom. The fourth-order valence-electron chi connectivity index (χ4n) is 1.50. The van der Waals surface area contributed by atoms with E-state index < -0.39 is 0 Å². The van der Waals surface area contributed by atoms with Gasteiger partial charge >= 0.3 is 0 Å². The third kappa shape index (κ3) is 4.77. The topological polar surface area (TPSA) is 38.3 Å². The fourth-order valence-corrected chi connectivity index (χ4v) is 1.89. The van der Waals surface area contributed by atoms with Crippen LogP contribution in [0.25, 0.3) is 0 Å². The third-order valence-corrected chi connectivity index (χ3v) is 3.06. The summed E-state index contributed by atoms with van der Waals surface area (Å²) in [6, 6.07) is 5.63. The number of ether oxygens (including phenoxy) is 1. The van der Waals surface area contributed by atoms with E-state index in [1.807, 2.05) is 25.1 Å². The molecule has 0 aliphatic carbocycles. The first-order valence-corrected chi connectivity index (χ1v) is 6.80. The largest absolute Gasteiger partial charge is 0.497 e. The van der Waals surface area contributed by atoms with Crippen LogP contribution in [0, 0.1) is 6.92 Å². The first-order valence-electron chi connectivity index (χ1n) is 5.68. The number of benzene rings is 1. The van der Waals surface area contributed by atoms with Crippen LogP contribution in [-0.2, 0) is 4.79 Å². The maximum Gasteiger partial charge on any atom is 0.224 e. The fraction of sp³-hybridized carbons (Fsp3) is 0.462. The summed E-state index contributed by atoms with van der Waals surface area (Å²) in [6.07, 6.45) is 2.50. The molecule has 1 N–H and O–H groups in total. The lowest BCUT2D eigenvalue weighted by molar-refractivity contribution is -0.116. The molecule has 94 valence electrons. The molecule has 1 amide bonds. The number of nitrogens with one attached hydrogen (secondary N) is 1. The number of carbonyl (C=O) groups excluding carboxylic acids is 1. The molecule has 0 spiro atoms. The number of hydrogen-bond acceptors (Lipinski definition) is 2. The van der Waals surface area contributed by atoms with Crippen molar-refractivity contribution < 1.29 is 9.53 Å². The molecule has 0 saturated carbocycles. The lowest BCUT2D eigenvalue weighted by Crippen LogP contribution is -2.12. The standard InChI is InChI=1S/C13H18BrNO2/c1-10-9-11(17-2)6-7-12(10)15-13(16)5-3-4-8-14/h6-7,9H,3-5,8H2,1-2H3,(H,15,16). The van der Waals surface area contributed by atoms with Crippen LogP contribution in [0.3, 0.4) is 0 Å². The van der Waals surface area contributed by atoms with Gasteiger partial charge in [-0.15, -0.1) is 0 Å². The summed E-state index contributed by atoms with van der Waals surface area (Å²) in [5, 5.41) is 3.86. The van der Waals surface area contributed by atoms with E-state index in [9.17, 15) is 4.79 Å². The van der Waals surface area contributed by atoms with Gasteiger partial charge < -0.3 is 10.1 Å². The summed E-state index contributed by atoms with van der Waals surface area (Å²) in [5.74, 6) is 0.874. The van der Waals surface area contributed by atoms with Crippen LogP contribution in [0.5, 0.6) is 5.75 Å². The summed E-state index contributed by atoms with van der Waals surface area (Å²) >= 11 is 3.35. The number of halogens is 1. The number of unbranched alkanes of at least 4 members (excludes halogenated alkanes) is 1. The zero-order valence-corrected chi connectivity index (χ0v) is 11.8. The smallest absolute Gasteiger partial charge is 0.224 e. The number of anilines is 1. The van der Waals surface area contributed by atoms with Gasteiger partial charge in [0.1, 0.15) is 5.75 Å². The Hall–Kier alpha value is -1.03. The first-order chi connectivity index (χ1) is 8.17. The van der Waals surface area contributed by atoms with E-state index >= 15 is 0 Å². The predicted octanol–water partition coefficient (Wildman–Crippen LogP) is 3.51. The van der Waals surface area contributed by atoms with Gasteiger partial charge in [0.05, 0.1) is 7.11 Å². The van der Waals surface area contributed by atoms with Gasteiger partial charge in [-0.2, -0.15) is 0 Å². The molecule has 0 heterocycles. The minimum absolute atomic E-state index is 0.0687. The van der Waals surface area contributed by atoms with Crippen molar-refractivity contribution in [3.8, 4) is 5.75 Å². The molecular formula is C13H18BrNO2. The van der Waals surface area contributed by atoms with Gasteiger partial charge in [0.15, 0.2) is 0 Å². The van der Waals surface area contributed by atoms with Crippen molar-refractivity contribution in [2.24, 2.45) is 0 Å². The van der Waals surface area contributed by atoms with Crippen LogP contribution in [-0.4, -0.2) is 18.3 Å². The van der Waals surface area contributed by atoms with Crippen molar-refractivity contribution in [2.75, 3.05) is 17.8 Å². The van der Waals surface area contributed by atoms with E-state index in [1.54, 1.807) is 7.11 Å². The van der Waals surface area contributed by atoms with E-state index in [0.717, 1.165) is 35.2 Å². The van der Waals surface area contributed by atoms with Crippen molar-refractivity contribution in [3.63, 3.8) is 0 Å². The van der Waals surface area contributed by atoms with Crippen molar-refractivity contribution in [3.05, 3.63) is 23.8 Å². The second-order valence-electron chi connectivity index (χ2n) is 3.88. The van der Waals surface area contributed by atoms with E-state index in [4.69, 9.17) is 4.74 Å². The predicted molar refractivity (Wildman–Crippen MR) is 74.0 cm³/mol. The van der Waals surface area contributed by atoms with E-state index in [2.05, 4.69) is 21.2 Å². The zero-order valence-electron chi connectivity index (χ0n) is 10.3. The molecular weight excluding hydrogens is 282 g/mol. The van der Waals surface area contributed by atoms with Gasteiger partial charge in [0.25, 0.3) is 0 Å². The van der Waals surface area contributed by atoms with Crippen molar-refractivity contribution in [1.29, 1.82) is 0 Å². The number of alkyl halides is 1. The molecule has 0 atom stereocenters. The summed E-state index contributed by atoms with van der Waals surface area (Å²) < 4.78 is 5.12. The highest BCUT2D eigenvalue weighted by atomic mass is 79.9. The van der Waals surface area contributed by atoms with Crippen LogP contribution in [0.2, 0.25) is 0 Å². The molecule has 0 fully saturated rings. The van der Waals surface area contributed by atoms with Gasteiger partial charge in [-0.3, -0.25) is 4.79 Å². The Morgan fingerprint density at radius 3 is 2.76 bits per heavy atom. The number of hydrogen-bond donors (Lipinski definition) is 1. The lowest BCUT2D eigenvalue weighted by Gasteiger charge is -2.09. The molecule has 0 aliphatic heterocycles. The van der Waals surface area contributed by atoms with Gasteiger partial charge in [0, 0.05) is 17.4 Å². The number of amides is 1. The Bertz CT molecular complexity index is 380. The molecule has 0 unspecified atom stereocenters. The van der Waals surface area contributed by atoms with E-state index in [0.29, 0.717) is 6.42 Å². The van der Waals surface area contributed by atoms with Crippen molar-refractivity contribution in [1.82, 2.24) is 0 Å². The van der Waals surface area contributed by atoms with Gasteiger partial charge in [-0.05, 0) is 43.5 Å². The highest BCUT2D eigenvalue weighted by Gasteiger charge is 2.05. The monoisotopic (exact) mass is 299 g/mol. The van der Waals surface area contributed by atoms with Crippen LogP contribution in [0.15, 0.2) is 18.2 Å². The molecule has 0 radical (unpaired) electrons. The third-order valence-electron chi connectivity index (χ3n) is 2.50. The quantitative estimate of drug-likeness (QED) is 0.645. The SMILES string of the molecule is COc1ccc(NC(=O)CCCCBr)c(C)c1. The summed E-state index contributed by atoms with van der Waals surface area (Å²) in [7, 11) is 1.63. The molecule has 4 heteroatoms.